The fourth-order valence-electron chi connectivity index (χ4n) is 3.58. The third-order valence-electron chi connectivity index (χ3n) is 4.98. The summed E-state index contributed by atoms with van der Waals surface area (Å²) >= 11 is 0. The van der Waals surface area contributed by atoms with Crippen LogP contribution in [0.15, 0.2) is 12.4 Å². The number of carbonyl (C=O) groups excluding carboxylic acids is 3. The summed E-state index contributed by atoms with van der Waals surface area (Å²) in [5.41, 5.74) is -0.664. The van der Waals surface area contributed by atoms with E-state index in [4.69, 9.17) is 4.74 Å². The summed E-state index contributed by atoms with van der Waals surface area (Å²) in [5.74, 6) is 0.395. The zero-order valence-electron chi connectivity index (χ0n) is 15.4. The van der Waals surface area contributed by atoms with Gasteiger partial charge in [0, 0.05) is 59.3 Å². The van der Waals surface area contributed by atoms with Crippen molar-refractivity contribution in [2.24, 2.45) is 0 Å². The zero-order chi connectivity index (χ0) is 18.9. The topological polar surface area (TPSA) is 96.8 Å². The number of ether oxygens (including phenoxy) is 1. The van der Waals surface area contributed by atoms with Gasteiger partial charge in [-0.3, -0.25) is 14.4 Å². The molecule has 142 valence electrons. The minimum atomic E-state index is -0.664. The number of likely N-dealkylation sites (N-methyl/N-ethyl adjacent to an activating group) is 1. The molecule has 2 aliphatic rings. The molecule has 26 heavy (non-hydrogen) atoms. The van der Waals surface area contributed by atoms with Gasteiger partial charge in [0.15, 0.2) is 6.10 Å². The Morgan fingerprint density at radius 1 is 1.35 bits per heavy atom. The standard InChI is InChI=1S/C17H25N5O4/c1-12(23)19-10-14(24)21-7-4-17(5-8-21)16-18-6-9-22(16)11-13(26-17)15(25)20(2)3/h6,9,13H,4-5,7-8,10-11H2,1-3H3,(H,19,23)/t13-/m1/s1. The molecule has 0 radical (unpaired) electrons. The van der Waals surface area contributed by atoms with Crippen LogP contribution in [0.4, 0.5) is 0 Å². The number of amides is 3. The van der Waals surface area contributed by atoms with Crippen molar-refractivity contribution < 1.29 is 19.1 Å². The second kappa shape index (κ2) is 7.06. The average Bonchev–Trinajstić information content (AvgIpc) is 3.09. The molecule has 1 aromatic heterocycles. The van der Waals surface area contributed by atoms with Gasteiger partial charge in [-0.2, -0.15) is 0 Å². The van der Waals surface area contributed by atoms with Gasteiger partial charge in [-0.25, -0.2) is 4.98 Å². The second-order valence-corrected chi connectivity index (χ2v) is 7.03. The highest BCUT2D eigenvalue weighted by Gasteiger charge is 2.47. The van der Waals surface area contributed by atoms with Gasteiger partial charge in [0.05, 0.1) is 13.1 Å². The van der Waals surface area contributed by atoms with Gasteiger partial charge < -0.3 is 24.4 Å². The van der Waals surface area contributed by atoms with Gasteiger partial charge in [0.2, 0.25) is 11.8 Å². The van der Waals surface area contributed by atoms with Gasteiger partial charge >= 0.3 is 0 Å². The molecule has 1 saturated heterocycles. The van der Waals surface area contributed by atoms with E-state index in [2.05, 4.69) is 10.3 Å². The lowest BCUT2D eigenvalue weighted by atomic mass is 9.88. The highest BCUT2D eigenvalue weighted by Crippen LogP contribution is 2.40. The van der Waals surface area contributed by atoms with Crippen LogP contribution < -0.4 is 5.32 Å². The van der Waals surface area contributed by atoms with Crippen LogP contribution in [-0.2, 0) is 31.3 Å². The monoisotopic (exact) mass is 363 g/mol. The Labute approximate surface area is 152 Å². The molecule has 9 nitrogen and oxygen atoms in total. The van der Waals surface area contributed by atoms with Crippen LogP contribution in [0.25, 0.3) is 0 Å². The van der Waals surface area contributed by atoms with E-state index in [9.17, 15) is 14.4 Å². The molecule has 1 atom stereocenters. The van der Waals surface area contributed by atoms with Crippen LogP contribution in [-0.4, -0.2) is 76.9 Å². The Bertz CT molecular complexity index is 706. The van der Waals surface area contributed by atoms with Crippen LogP contribution in [0.2, 0.25) is 0 Å². The summed E-state index contributed by atoms with van der Waals surface area (Å²) in [5, 5.41) is 2.53. The van der Waals surface area contributed by atoms with E-state index in [1.807, 2.05) is 10.8 Å². The van der Waals surface area contributed by atoms with Crippen LogP contribution in [0.1, 0.15) is 25.6 Å². The van der Waals surface area contributed by atoms with E-state index in [1.165, 1.54) is 11.8 Å². The van der Waals surface area contributed by atoms with E-state index in [0.717, 1.165) is 5.82 Å². The molecular formula is C17H25N5O4. The lowest BCUT2D eigenvalue weighted by molar-refractivity contribution is -0.181. The number of nitrogens with zero attached hydrogens (tertiary/aromatic N) is 4. The number of rotatable bonds is 3. The lowest BCUT2D eigenvalue weighted by Gasteiger charge is -2.45. The van der Waals surface area contributed by atoms with Crippen LogP contribution >= 0.6 is 0 Å². The highest BCUT2D eigenvalue weighted by atomic mass is 16.5. The number of nitrogens with one attached hydrogen (secondary N) is 1. The van der Waals surface area contributed by atoms with Crippen molar-refractivity contribution in [1.82, 2.24) is 24.7 Å². The molecule has 0 unspecified atom stereocenters. The van der Waals surface area contributed by atoms with Crippen molar-refractivity contribution in [2.75, 3.05) is 33.7 Å². The summed E-state index contributed by atoms with van der Waals surface area (Å²) in [6.07, 6.45) is 4.15. The number of likely N-dealkylation sites (tertiary alicyclic amines) is 1. The molecule has 2 aliphatic heterocycles. The molecule has 0 aliphatic carbocycles. The molecule has 0 aromatic carbocycles. The number of hydrogen-bond acceptors (Lipinski definition) is 5. The predicted octanol–water partition coefficient (Wildman–Crippen LogP) is -0.676. The summed E-state index contributed by atoms with van der Waals surface area (Å²) in [6, 6.07) is 0. The van der Waals surface area contributed by atoms with Crippen LogP contribution in [0.3, 0.4) is 0 Å². The third kappa shape index (κ3) is 3.44. The van der Waals surface area contributed by atoms with E-state index in [0.29, 0.717) is 32.5 Å². The molecule has 1 N–H and O–H groups in total. The van der Waals surface area contributed by atoms with Crippen LogP contribution in [0.5, 0.6) is 0 Å². The normalized spacial score (nSPS) is 21.2. The third-order valence-corrected chi connectivity index (χ3v) is 4.98. The Kier molecular flexibility index (Phi) is 4.99. The van der Waals surface area contributed by atoms with E-state index in [-0.39, 0.29) is 24.3 Å². The predicted molar refractivity (Wildman–Crippen MR) is 92.0 cm³/mol. The molecule has 1 spiro atoms. The minimum Gasteiger partial charge on any atom is -0.352 e. The Balaban J connectivity index is 1.73. The number of hydrogen-bond donors (Lipinski definition) is 1. The van der Waals surface area contributed by atoms with E-state index >= 15 is 0 Å². The minimum absolute atomic E-state index is 0.000439. The van der Waals surface area contributed by atoms with Crippen LogP contribution in [0, 0.1) is 0 Å². The number of imidazole rings is 1. The first-order valence-electron chi connectivity index (χ1n) is 8.75. The maximum Gasteiger partial charge on any atom is 0.253 e. The van der Waals surface area contributed by atoms with Crippen molar-refractivity contribution in [3.05, 3.63) is 18.2 Å². The van der Waals surface area contributed by atoms with Gasteiger partial charge in [-0.1, -0.05) is 0 Å². The van der Waals surface area contributed by atoms with Gasteiger partial charge in [0.1, 0.15) is 11.4 Å². The summed E-state index contributed by atoms with van der Waals surface area (Å²) < 4.78 is 8.24. The molecule has 0 bridgehead atoms. The Morgan fingerprint density at radius 2 is 2.04 bits per heavy atom. The average molecular weight is 363 g/mol. The Hall–Kier alpha value is -2.42. The maximum absolute atomic E-state index is 12.4. The first kappa shape index (κ1) is 18.4. The second-order valence-electron chi connectivity index (χ2n) is 7.03. The maximum atomic E-state index is 12.4. The molecule has 1 aromatic rings. The van der Waals surface area contributed by atoms with Crippen molar-refractivity contribution >= 4 is 17.7 Å². The zero-order valence-corrected chi connectivity index (χ0v) is 15.4. The molecule has 9 heteroatoms. The quantitative estimate of drug-likeness (QED) is 0.768. The summed E-state index contributed by atoms with van der Waals surface area (Å²) in [4.78, 5) is 43.4. The Morgan fingerprint density at radius 3 is 2.65 bits per heavy atom. The first-order chi connectivity index (χ1) is 12.3. The van der Waals surface area contributed by atoms with E-state index in [1.54, 1.807) is 25.2 Å². The highest BCUT2D eigenvalue weighted by molar-refractivity contribution is 5.83. The fraction of sp³-hybridized carbons (Fsp3) is 0.647. The number of piperidine rings is 1. The molecule has 0 saturated carbocycles. The van der Waals surface area contributed by atoms with E-state index < -0.39 is 11.7 Å². The molecular weight excluding hydrogens is 338 g/mol. The van der Waals surface area contributed by atoms with Crippen molar-refractivity contribution in [3.63, 3.8) is 0 Å². The first-order valence-corrected chi connectivity index (χ1v) is 8.75. The SMILES string of the molecule is CC(=O)NCC(=O)N1CCC2(CC1)O[C@@H](C(=O)N(C)C)Cn1ccnc12. The molecule has 3 heterocycles. The molecule has 3 rings (SSSR count). The summed E-state index contributed by atoms with van der Waals surface area (Å²) in [7, 11) is 3.43. The summed E-state index contributed by atoms with van der Waals surface area (Å²) in [6.45, 7) is 2.82. The molecule has 1 fully saturated rings. The number of fused-ring (bicyclic) bond motifs is 2. The number of aromatic nitrogens is 2. The molecule has 3 amide bonds. The lowest BCUT2D eigenvalue weighted by Crippen LogP contribution is -2.55. The van der Waals surface area contributed by atoms with Gasteiger partial charge in [-0.05, 0) is 0 Å². The smallest absolute Gasteiger partial charge is 0.253 e. The van der Waals surface area contributed by atoms with Crippen molar-refractivity contribution in [2.45, 2.75) is 38.0 Å². The largest absolute Gasteiger partial charge is 0.352 e. The van der Waals surface area contributed by atoms with Crippen molar-refractivity contribution in [3.8, 4) is 0 Å². The number of carbonyl (C=O) groups is 3. The van der Waals surface area contributed by atoms with Gasteiger partial charge in [0.25, 0.3) is 5.91 Å². The van der Waals surface area contributed by atoms with Crippen molar-refractivity contribution in [1.29, 1.82) is 0 Å². The fourth-order valence-corrected chi connectivity index (χ4v) is 3.58. The van der Waals surface area contributed by atoms with Gasteiger partial charge in [-0.15, -0.1) is 0 Å².